The predicted octanol–water partition coefficient (Wildman–Crippen LogP) is 1.98. The van der Waals surface area contributed by atoms with E-state index in [2.05, 4.69) is 15.3 Å². The fourth-order valence-electron chi connectivity index (χ4n) is 1.74. The number of hydrogen-bond donors (Lipinski definition) is 1. The molecule has 0 bridgehead atoms. The van der Waals surface area contributed by atoms with Crippen LogP contribution in [-0.4, -0.2) is 20.3 Å². The molecule has 5 heteroatoms. The van der Waals surface area contributed by atoms with Gasteiger partial charge in [0.15, 0.2) is 0 Å². The zero-order chi connectivity index (χ0) is 12.4. The van der Waals surface area contributed by atoms with Crippen LogP contribution in [0.15, 0.2) is 55.1 Å². The molecule has 3 aromatic heterocycles. The Morgan fingerprint density at radius 1 is 1.17 bits per heavy atom. The molecule has 0 saturated carbocycles. The number of nitrogens with one attached hydrogen (secondary N) is 1. The fraction of sp³-hybridized carbons (Fsp3) is 0. The molecule has 3 rings (SSSR count). The number of hydrogen-bond acceptors (Lipinski definition) is 3. The van der Waals surface area contributed by atoms with Crippen molar-refractivity contribution in [3.63, 3.8) is 0 Å². The van der Waals surface area contributed by atoms with Crippen LogP contribution >= 0.6 is 0 Å². The standard InChI is InChI=1S/C13H10N4O/c18-13(16-10-4-3-6-14-8-10)12-15-9-11-5-1-2-7-17(11)12/h1-9H,(H,16,18). The van der Waals surface area contributed by atoms with Gasteiger partial charge in [0, 0.05) is 12.4 Å². The predicted molar refractivity (Wildman–Crippen MR) is 67.4 cm³/mol. The van der Waals surface area contributed by atoms with Gasteiger partial charge in [0.25, 0.3) is 5.91 Å². The molecule has 0 fully saturated rings. The Morgan fingerprint density at radius 3 is 2.94 bits per heavy atom. The summed E-state index contributed by atoms with van der Waals surface area (Å²) in [5.74, 6) is 0.101. The van der Waals surface area contributed by atoms with E-state index in [1.54, 1.807) is 41.3 Å². The molecule has 1 amide bonds. The second-order valence-electron chi connectivity index (χ2n) is 3.77. The first-order valence-corrected chi connectivity index (χ1v) is 5.48. The summed E-state index contributed by atoms with van der Waals surface area (Å²) in [5.41, 5.74) is 1.53. The third-order valence-electron chi connectivity index (χ3n) is 2.56. The van der Waals surface area contributed by atoms with Crippen molar-refractivity contribution in [2.45, 2.75) is 0 Å². The van der Waals surface area contributed by atoms with Crippen molar-refractivity contribution in [1.29, 1.82) is 0 Å². The van der Waals surface area contributed by atoms with Crippen LogP contribution in [0.4, 0.5) is 5.69 Å². The van der Waals surface area contributed by atoms with Crippen LogP contribution in [0.5, 0.6) is 0 Å². The first kappa shape index (κ1) is 10.5. The average molecular weight is 238 g/mol. The van der Waals surface area contributed by atoms with Crippen molar-refractivity contribution >= 4 is 17.1 Å². The number of imidazole rings is 1. The van der Waals surface area contributed by atoms with E-state index in [9.17, 15) is 4.79 Å². The number of amides is 1. The lowest BCUT2D eigenvalue weighted by Crippen LogP contribution is -2.15. The SMILES string of the molecule is O=C(Nc1cccnc1)c1ncc2ccccn12. The van der Waals surface area contributed by atoms with E-state index in [1.165, 1.54) is 0 Å². The molecule has 3 aromatic rings. The monoisotopic (exact) mass is 238 g/mol. The van der Waals surface area contributed by atoms with Gasteiger partial charge in [0.1, 0.15) is 0 Å². The van der Waals surface area contributed by atoms with Gasteiger partial charge in [-0.15, -0.1) is 0 Å². The van der Waals surface area contributed by atoms with Gasteiger partial charge in [-0.2, -0.15) is 0 Å². The van der Waals surface area contributed by atoms with Crippen LogP contribution in [0.2, 0.25) is 0 Å². The Morgan fingerprint density at radius 2 is 2.11 bits per heavy atom. The van der Waals surface area contributed by atoms with Crippen LogP contribution in [0.25, 0.3) is 5.52 Å². The quantitative estimate of drug-likeness (QED) is 0.742. The molecule has 0 aliphatic rings. The lowest BCUT2D eigenvalue weighted by molar-refractivity contribution is 0.101. The summed E-state index contributed by atoms with van der Waals surface area (Å²) in [6.45, 7) is 0. The molecule has 0 spiro atoms. The minimum atomic E-state index is -0.255. The maximum Gasteiger partial charge on any atom is 0.292 e. The minimum Gasteiger partial charge on any atom is -0.318 e. The topological polar surface area (TPSA) is 59.3 Å². The van der Waals surface area contributed by atoms with Gasteiger partial charge in [0.2, 0.25) is 5.82 Å². The summed E-state index contributed by atoms with van der Waals surface area (Å²) in [5, 5.41) is 2.75. The molecule has 0 saturated heterocycles. The molecule has 18 heavy (non-hydrogen) atoms. The molecule has 5 nitrogen and oxygen atoms in total. The van der Waals surface area contributed by atoms with Crippen molar-refractivity contribution in [2.24, 2.45) is 0 Å². The molecule has 0 unspecified atom stereocenters. The van der Waals surface area contributed by atoms with Crippen LogP contribution in [-0.2, 0) is 0 Å². The van der Waals surface area contributed by atoms with Crippen molar-refractivity contribution in [3.8, 4) is 0 Å². The molecule has 0 aliphatic heterocycles. The first-order valence-electron chi connectivity index (χ1n) is 5.48. The van der Waals surface area contributed by atoms with Crippen LogP contribution in [0.1, 0.15) is 10.6 Å². The second-order valence-corrected chi connectivity index (χ2v) is 3.77. The van der Waals surface area contributed by atoms with E-state index in [1.807, 2.05) is 18.2 Å². The Bertz CT molecular complexity index is 690. The van der Waals surface area contributed by atoms with Gasteiger partial charge in [-0.3, -0.25) is 14.2 Å². The number of rotatable bonds is 2. The van der Waals surface area contributed by atoms with Crippen molar-refractivity contribution in [2.75, 3.05) is 5.32 Å². The van der Waals surface area contributed by atoms with Gasteiger partial charge in [-0.25, -0.2) is 4.98 Å². The number of pyridine rings is 2. The summed E-state index contributed by atoms with van der Waals surface area (Å²) in [7, 11) is 0. The number of nitrogens with zero attached hydrogens (tertiary/aromatic N) is 3. The summed E-state index contributed by atoms with van der Waals surface area (Å²) in [6, 6.07) is 9.20. The molecular weight excluding hydrogens is 228 g/mol. The summed E-state index contributed by atoms with van der Waals surface area (Å²) in [6.07, 6.45) is 6.72. The molecule has 88 valence electrons. The van der Waals surface area contributed by atoms with E-state index in [0.29, 0.717) is 11.5 Å². The highest BCUT2D eigenvalue weighted by Gasteiger charge is 2.12. The number of carbonyl (C=O) groups is 1. The smallest absolute Gasteiger partial charge is 0.292 e. The lowest BCUT2D eigenvalue weighted by Gasteiger charge is -2.03. The number of anilines is 1. The third-order valence-corrected chi connectivity index (χ3v) is 2.56. The molecule has 0 atom stereocenters. The highest BCUT2D eigenvalue weighted by molar-refractivity contribution is 6.02. The Balaban J connectivity index is 1.93. The van der Waals surface area contributed by atoms with Crippen LogP contribution < -0.4 is 5.32 Å². The lowest BCUT2D eigenvalue weighted by atomic mass is 10.4. The van der Waals surface area contributed by atoms with Crippen molar-refractivity contribution < 1.29 is 4.79 Å². The second kappa shape index (κ2) is 4.29. The Labute approximate surface area is 103 Å². The van der Waals surface area contributed by atoms with Gasteiger partial charge < -0.3 is 5.32 Å². The third kappa shape index (κ3) is 1.82. The zero-order valence-corrected chi connectivity index (χ0v) is 9.45. The van der Waals surface area contributed by atoms with Crippen molar-refractivity contribution in [1.82, 2.24) is 14.4 Å². The highest BCUT2D eigenvalue weighted by atomic mass is 16.2. The van der Waals surface area contributed by atoms with Crippen LogP contribution in [0.3, 0.4) is 0 Å². The maximum atomic E-state index is 12.1. The minimum absolute atomic E-state index is 0.255. The van der Waals surface area contributed by atoms with E-state index >= 15 is 0 Å². The highest BCUT2D eigenvalue weighted by Crippen LogP contribution is 2.09. The van der Waals surface area contributed by atoms with Crippen LogP contribution in [0, 0.1) is 0 Å². The summed E-state index contributed by atoms with van der Waals surface area (Å²) < 4.78 is 1.74. The molecule has 1 N–H and O–H groups in total. The summed E-state index contributed by atoms with van der Waals surface area (Å²) >= 11 is 0. The Hall–Kier alpha value is -2.69. The van der Waals surface area contributed by atoms with Crippen molar-refractivity contribution in [3.05, 3.63) is 60.9 Å². The Kier molecular flexibility index (Phi) is 2.49. The van der Waals surface area contributed by atoms with Gasteiger partial charge in [0.05, 0.1) is 23.6 Å². The molecule has 0 radical (unpaired) electrons. The number of carbonyl (C=O) groups excluding carboxylic acids is 1. The zero-order valence-electron chi connectivity index (χ0n) is 9.45. The van der Waals surface area contributed by atoms with E-state index < -0.39 is 0 Å². The number of fused-ring (bicyclic) bond motifs is 1. The molecule has 3 heterocycles. The number of aromatic nitrogens is 3. The largest absolute Gasteiger partial charge is 0.318 e. The van der Waals surface area contributed by atoms with E-state index in [-0.39, 0.29) is 5.91 Å². The fourth-order valence-corrected chi connectivity index (χ4v) is 1.74. The van der Waals surface area contributed by atoms with Gasteiger partial charge in [-0.05, 0) is 24.3 Å². The molecule has 0 aliphatic carbocycles. The average Bonchev–Trinajstić information content (AvgIpc) is 2.84. The summed E-state index contributed by atoms with van der Waals surface area (Å²) in [4.78, 5) is 20.1. The normalized spacial score (nSPS) is 10.4. The van der Waals surface area contributed by atoms with Gasteiger partial charge >= 0.3 is 0 Å². The molecule has 0 aromatic carbocycles. The maximum absolute atomic E-state index is 12.1. The van der Waals surface area contributed by atoms with E-state index in [4.69, 9.17) is 0 Å². The first-order chi connectivity index (χ1) is 8.84. The van der Waals surface area contributed by atoms with Gasteiger partial charge in [-0.1, -0.05) is 6.07 Å². The molecular formula is C13H10N4O. The van der Waals surface area contributed by atoms with E-state index in [0.717, 1.165) is 5.52 Å².